The van der Waals surface area contributed by atoms with Crippen molar-refractivity contribution in [2.24, 2.45) is 10.7 Å². The molecule has 3 nitrogen and oxygen atoms in total. The topological polar surface area (TPSA) is 41.6 Å². The van der Waals surface area contributed by atoms with Gasteiger partial charge in [0.15, 0.2) is 5.96 Å². The molecule has 0 aromatic carbocycles. The standard InChI is InChI=1S/C12H25N3/c1-4-6-7-8-9-12(3)10-14-11(13)15(12)5-2/h4-10H2,1-3H3,(H2,13,14). The number of guanidine groups is 1. The first-order valence-electron chi connectivity index (χ1n) is 6.21. The summed E-state index contributed by atoms with van der Waals surface area (Å²) < 4.78 is 0. The number of hydrogen-bond donors (Lipinski definition) is 1. The van der Waals surface area contributed by atoms with E-state index < -0.39 is 0 Å². The van der Waals surface area contributed by atoms with Crippen LogP contribution in [-0.2, 0) is 0 Å². The van der Waals surface area contributed by atoms with Gasteiger partial charge in [-0.25, -0.2) is 0 Å². The summed E-state index contributed by atoms with van der Waals surface area (Å²) in [5.74, 6) is 0.732. The van der Waals surface area contributed by atoms with E-state index in [4.69, 9.17) is 5.73 Å². The van der Waals surface area contributed by atoms with Crippen LogP contribution in [0.4, 0.5) is 0 Å². The molecule has 3 heteroatoms. The molecule has 0 aromatic heterocycles. The van der Waals surface area contributed by atoms with Crippen LogP contribution in [0.2, 0.25) is 0 Å². The highest BCUT2D eigenvalue weighted by atomic mass is 15.3. The van der Waals surface area contributed by atoms with Gasteiger partial charge in [0.1, 0.15) is 0 Å². The Hall–Kier alpha value is -0.730. The van der Waals surface area contributed by atoms with E-state index in [1.54, 1.807) is 0 Å². The predicted molar refractivity (Wildman–Crippen MR) is 66.0 cm³/mol. The predicted octanol–water partition coefficient (Wildman–Crippen LogP) is 2.37. The number of nitrogens with two attached hydrogens (primary N) is 1. The molecular weight excluding hydrogens is 186 g/mol. The molecular formula is C12H25N3. The molecule has 0 saturated heterocycles. The highest BCUT2D eigenvalue weighted by Crippen LogP contribution is 2.27. The van der Waals surface area contributed by atoms with Crippen molar-refractivity contribution in [2.75, 3.05) is 13.1 Å². The minimum Gasteiger partial charge on any atom is -0.370 e. The zero-order valence-corrected chi connectivity index (χ0v) is 10.4. The molecule has 1 atom stereocenters. The van der Waals surface area contributed by atoms with Crippen LogP contribution in [0.15, 0.2) is 4.99 Å². The second-order valence-electron chi connectivity index (χ2n) is 4.73. The van der Waals surface area contributed by atoms with Crippen LogP contribution in [0.1, 0.15) is 52.9 Å². The second kappa shape index (κ2) is 5.38. The molecule has 0 radical (unpaired) electrons. The quantitative estimate of drug-likeness (QED) is 0.685. The summed E-state index contributed by atoms with van der Waals surface area (Å²) in [6.07, 6.45) is 6.49. The number of rotatable bonds is 6. The van der Waals surface area contributed by atoms with E-state index >= 15 is 0 Å². The molecule has 1 aliphatic heterocycles. The minimum absolute atomic E-state index is 0.187. The Morgan fingerprint density at radius 3 is 2.67 bits per heavy atom. The molecule has 88 valence electrons. The van der Waals surface area contributed by atoms with Crippen LogP contribution in [0, 0.1) is 0 Å². The Labute approximate surface area is 93.7 Å². The zero-order valence-electron chi connectivity index (χ0n) is 10.4. The zero-order chi connectivity index (χ0) is 11.3. The van der Waals surface area contributed by atoms with Gasteiger partial charge in [-0.3, -0.25) is 4.99 Å². The Morgan fingerprint density at radius 2 is 2.07 bits per heavy atom. The Morgan fingerprint density at radius 1 is 1.33 bits per heavy atom. The summed E-state index contributed by atoms with van der Waals surface area (Å²) in [6.45, 7) is 8.53. The average Bonchev–Trinajstić information content (AvgIpc) is 2.50. The van der Waals surface area contributed by atoms with E-state index in [2.05, 4.69) is 30.7 Å². The Balaban J connectivity index is 2.39. The lowest BCUT2D eigenvalue weighted by atomic mass is 9.93. The Bertz CT molecular complexity index is 225. The van der Waals surface area contributed by atoms with E-state index in [0.717, 1.165) is 19.0 Å². The fourth-order valence-electron chi connectivity index (χ4n) is 2.39. The first kappa shape index (κ1) is 12.3. The van der Waals surface area contributed by atoms with Crippen LogP contribution in [0.25, 0.3) is 0 Å². The van der Waals surface area contributed by atoms with Gasteiger partial charge in [0.25, 0.3) is 0 Å². The SMILES string of the molecule is CCCCCCC1(C)CN=C(N)N1CC. The van der Waals surface area contributed by atoms with Gasteiger partial charge in [-0.1, -0.05) is 32.6 Å². The lowest BCUT2D eigenvalue weighted by Crippen LogP contribution is -2.49. The molecule has 15 heavy (non-hydrogen) atoms. The van der Waals surface area contributed by atoms with Crippen molar-refractivity contribution in [1.82, 2.24) is 4.90 Å². The van der Waals surface area contributed by atoms with E-state index in [0.29, 0.717) is 0 Å². The smallest absolute Gasteiger partial charge is 0.191 e. The van der Waals surface area contributed by atoms with Crippen molar-refractivity contribution in [1.29, 1.82) is 0 Å². The molecule has 0 spiro atoms. The Kier molecular flexibility index (Phi) is 4.43. The number of likely N-dealkylation sites (N-methyl/N-ethyl adjacent to an activating group) is 1. The first-order valence-corrected chi connectivity index (χ1v) is 6.21. The van der Waals surface area contributed by atoms with Gasteiger partial charge in [0.2, 0.25) is 0 Å². The number of unbranched alkanes of at least 4 members (excludes halogenated alkanes) is 3. The van der Waals surface area contributed by atoms with Crippen molar-refractivity contribution >= 4 is 5.96 Å². The molecule has 1 heterocycles. The van der Waals surface area contributed by atoms with Crippen molar-refractivity contribution in [2.45, 2.75) is 58.4 Å². The van der Waals surface area contributed by atoms with Gasteiger partial charge >= 0.3 is 0 Å². The molecule has 0 amide bonds. The summed E-state index contributed by atoms with van der Waals surface area (Å²) in [4.78, 5) is 6.61. The van der Waals surface area contributed by atoms with Gasteiger partial charge in [0.05, 0.1) is 12.1 Å². The summed E-state index contributed by atoms with van der Waals surface area (Å²) in [6, 6.07) is 0. The van der Waals surface area contributed by atoms with Gasteiger partial charge < -0.3 is 10.6 Å². The van der Waals surface area contributed by atoms with Gasteiger partial charge in [-0.2, -0.15) is 0 Å². The maximum absolute atomic E-state index is 5.87. The van der Waals surface area contributed by atoms with E-state index in [-0.39, 0.29) is 5.54 Å². The average molecular weight is 211 g/mol. The molecule has 1 unspecified atom stereocenters. The normalized spacial score (nSPS) is 25.8. The van der Waals surface area contributed by atoms with Gasteiger partial charge in [-0.15, -0.1) is 0 Å². The third-order valence-corrected chi connectivity index (χ3v) is 3.40. The largest absolute Gasteiger partial charge is 0.370 e. The van der Waals surface area contributed by atoms with Crippen molar-refractivity contribution in [3.63, 3.8) is 0 Å². The maximum Gasteiger partial charge on any atom is 0.191 e. The number of hydrogen-bond acceptors (Lipinski definition) is 3. The third kappa shape index (κ3) is 2.86. The van der Waals surface area contributed by atoms with E-state index in [1.807, 2.05) is 0 Å². The molecule has 2 N–H and O–H groups in total. The monoisotopic (exact) mass is 211 g/mol. The molecule has 0 saturated carbocycles. The summed E-state index contributed by atoms with van der Waals surface area (Å²) >= 11 is 0. The van der Waals surface area contributed by atoms with E-state index in [9.17, 15) is 0 Å². The molecule has 0 bridgehead atoms. The molecule has 0 fully saturated rings. The maximum atomic E-state index is 5.87. The minimum atomic E-state index is 0.187. The summed E-state index contributed by atoms with van der Waals surface area (Å²) in [5.41, 5.74) is 6.06. The lowest BCUT2D eigenvalue weighted by Gasteiger charge is -2.35. The third-order valence-electron chi connectivity index (χ3n) is 3.40. The highest BCUT2D eigenvalue weighted by Gasteiger charge is 2.35. The second-order valence-corrected chi connectivity index (χ2v) is 4.73. The van der Waals surface area contributed by atoms with Crippen LogP contribution < -0.4 is 5.73 Å². The highest BCUT2D eigenvalue weighted by molar-refractivity contribution is 5.80. The lowest BCUT2D eigenvalue weighted by molar-refractivity contribution is 0.210. The van der Waals surface area contributed by atoms with Crippen LogP contribution in [0.3, 0.4) is 0 Å². The van der Waals surface area contributed by atoms with E-state index in [1.165, 1.54) is 32.1 Å². The molecule has 0 aromatic rings. The van der Waals surface area contributed by atoms with Crippen LogP contribution in [0.5, 0.6) is 0 Å². The fraction of sp³-hybridized carbons (Fsp3) is 0.917. The van der Waals surface area contributed by atoms with Gasteiger partial charge in [0, 0.05) is 6.54 Å². The molecule has 0 aliphatic carbocycles. The van der Waals surface area contributed by atoms with Crippen molar-refractivity contribution < 1.29 is 0 Å². The number of nitrogens with zero attached hydrogens (tertiary/aromatic N) is 2. The fourth-order valence-corrected chi connectivity index (χ4v) is 2.39. The van der Waals surface area contributed by atoms with Crippen molar-refractivity contribution in [3.8, 4) is 0 Å². The van der Waals surface area contributed by atoms with Crippen LogP contribution in [-0.4, -0.2) is 29.5 Å². The molecule has 1 aliphatic rings. The summed E-state index contributed by atoms with van der Waals surface area (Å²) in [7, 11) is 0. The number of aliphatic imine (C=N–C) groups is 1. The van der Waals surface area contributed by atoms with Gasteiger partial charge in [-0.05, 0) is 20.3 Å². The van der Waals surface area contributed by atoms with Crippen molar-refractivity contribution in [3.05, 3.63) is 0 Å². The van der Waals surface area contributed by atoms with Crippen LogP contribution >= 0.6 is 0 Å². The summed E-state index contributed by atoms with van der Waals surface area (Å²) in [5, 5.41) is 0. The first-order chi connectivity index (χ1) is 7.14. The molecule has 1 rings (SSSR count).